The smallest absolute Gasteiger partial charge is 0.134 e. The van der Waals surface area contributed by atoms with E-state index in [0.29, 0.717) is 12.4 Å². The van der Waals surface area contributed by atoms with Crippen LogP contribution in [0.4, 0.5) is 0 Å². The number of hydrogen-bond donors (Lipinski definition) is 1. The van der Waals surface area contributed by atoms with Crippen molar-refractivity contribution in [2.24, 2.45) is 0 Å². The summed E-state index contributed by atoms with van der Waals surface area (Å²) in [7, 11) is 0. The van der Waals surface area contributed by atoms with Gasteiger partial charge in [-0.25, -0.2) is 0 Å². The molecule has 3 rings (SSSR count). The molecule has 4 heteroatoms. The average molecular weight is 319 g/mol. The number of rotatable bonds is 3. The number of phenolic OH excluding ortho intramolecular Hbond substituents is 1. The van der Waals surface area contributed by atoms with Crippen molar-refractivity contribution in [3.8, 4) is 11.5 Å². The van der Waals surface area contributed by atoms with Gasteiger partial charge in [-0.2, -0.15) is 0 Å². The van der Waals surface area contributed by atoms with Crippen molar-refractivity contribution in [2.75, 3.05) is 0 Å². The van der Waals surface area contributed by atoms with E-state index in [-0.39, 0.29) is 5.75 Å². The van der Waals surface area contributed by atoms with E-state index in [1.54, 1.807) is 30.5 Å². The van der Waals surface area contributed by atoms with Crippen LogP contribution < -0.4 is 4.74 Å². The highest BCUT2D eigenvalue weighted by Gasteiger charge is 2.07. The van der Waals surface area contributed by atoms with Gasteiger partial charge in [-0.15, -0.1) is 0 Å². The van der Waals surface area contributed by atoms with Crippen LogP contribution in [-0.4, -0.2) is 5.11 Å². The number of aromatic hydroxyl groups is 1. The van der Waals surface area contributed by atoms with Crippen molar-refractivity contribution in [3.05, 3.63) is 58.8 Å². The number of fused-ring (bicyclic) bond motifs is 1. The van der Waals surface area contributed by atoms with Crippen molar-refractivity contribution in [1.29, 1.82) is 0 Å². The molecule has 1 N–H and O–H groups in total. The predicted molar refractivity (Wildman–Crippen MR) is 76.4 cm³/mol. The first-order chi connectivity index (χ1) is 9.22. The topological polar surface area (TPSA) is 42.6 Å². The van der Waals surface area contributed by atoms with Crippen molar-refractivity contribution in [3.63, 3.8) is 0 Å². The van der Waals surface area contributed by atoms with Gasteiger partial charge in [0.15, 0.2) is 0 Å². The summed E-state index contributed by atoms with van der Waals surface area (Å²) in [5, 5.41) is 10.4. The Hall–Kier alpha value is -1.94. The van der Waals surface area contributed by atoms with Crippen molar-refractivity contribution in [1.82, 2.24) is 0 Å². The van der Waals surface area contributed by atoms with Gasteiger partial charge in [0.1, 0.15) is 23.7 Å². The molecule has 2 aromatic carbocycles. The molecule has 3 nitrogen and oxygen atoms in total. The summed E-state index contributed by atoms with van der Waals surface area (Å²) >= 11 is 3.44. The maximum Gasteiger partial charge on any atom is 0.134 e. The van der Waals surface area contributed by atoms with Crippen molar-refractivity contribution in [2.45, 2.75) is 6.61 Å². The fourth-order valence-electron chi connectivity index (χ4n) is 1.90. The molecule has 19 heavy (non-hydrogen) atoms. The monoisotopic (exact) mass is 318 g/mol. The van der Waals surface area contributed by atoms with Gasteiger partial charge in [-0.1, -0.05) is 22.0 Å². The molecule has 1 aromatic heterocycles. The SMILES string of the molecule is Oc1cccc(OCc2coc3ccc(Br)cc23)c1. The Morgan fingerprint density at radius 3 is 2.89 bits per heavy atom. The minimum atomic E-state index is 0.192. The highest BCUT2D eigenvalue weighted by atomic mass is 79.9. The summed E-state index contributed by atoms with van der Waals surface area (Å²) in [6, 6.07) is 12.6. The second kappa shape index (κ2) is 4.97. The number of ether oxygens (including phenoxy) is 1. The molecule has 0 saturated heterocycles. The Labute approximate surface area is 118 Å². The van der Waals surface area contributed by atoms with E-state index in [4.69, 9.17) is 9.15 Å². The van der Waals surface area contributed by atoms with Crippen LogP contribution in [0, 0.1) is 0 Å². The molecule has 0 amide bonds. The van der Waals surface area contributed by atoms with Gasteiger partial charge in [-0.3, -0.25) is 0 Å². The predicted octanol–water partition coefficient (Wildman–Crippen LogP) is 4.48. The lowest BCUT2D eigenvalue weighted by molar-refractivity contribution is 0.304. The highest BCUT2D eigenvalue weighted by Crippen LogP contribution is 2.26. The van der Waals surface area contributed by atoms with E-state index in [1.165, 1.54) is 0 Å². The molecule has 96 valence electrons. The van der Waals surface area contributed by atoms with E-state index in [9.17, 15) is 5.11 Å². The summed E-state index contributed by atoms with van der Waals surface area (Å²) in [5.41, 5.74) is 1.80. The van der Waals surface area contributed by atoms with Crippen molar-refractivity contribution >= 4 is 26.9 Å². The summed E-state index contributed by atoms with van der Waals surface area (Å²) in [4.78, 5) is 0. The second-order valence-corrected chi connectivity index (χ2v) is 5.10. The fraction of sp³-hybridized carbons (Fsp3) is 0.0667. The highest BCUT2D eigenvalue weighted by molar-refractivity contribution is 9.10. The lowest BCUT2D eigenvalue weighted by Gasteiger charge is -2.05. The number of hydrogen-bond acceptors (Lipinski definition) is 3. The Kier molecular flexibility index (Phi) is 3.17. The standard InChI is InChI=1S/C15H11BrO3/c16-11-4-5-15-14(6-11)10(9-19-15)8-18-13-3-1-2-12(17)7-13/h1-7,9,17H,8H2. The van der Waals surface area contributed by atoms with E-state index in [0.717, 1.165) is 21.0 Å². The van der Waals surface area contributed by atoms with Gasteiger partial charge < -0.3 is 14.3 Å². The van der Waals surface area contributed by atoms with Gasteiger partial charge >= 0.3 is 0 Å². The van der Waals surface area contributed by atoms with Crippen LogP contribution in [0.1, 0.15) is 5.56 Å². The van der Waals surface area contributed by atoms with E-state index in [2.05, 4.69) is 15.9 Å². The zero-order chi connectivity index (χ0) is 13.2. The Morgan fingerprint density at radius 2 is 2.05 bits per heavy atom. The van der Waals surface area contributed by atoms with E-state index in [1.807, 2.05) is 18.2 Å². The van der Waals surface area contributed by atoms with Gasteiger partial charge in [0.25, 0.3) is 0 Å². The van der Waals surface area contributed by atoms with Crippen molar-refractivity contribution < 1.29 is 14.3 Å². The molecule has 0 bridgehead atoms. The minimum Gasteiger partial charge on any atom is -0.508 e. The second-order valence-electron chi connectivity index (χ2n) is 4.19. The zero-order valence-corrected chi connectivity index (χ0v) is 11.6. The normalized spacial score (nSPS) is 10.8. The Balaban J connectivity index is 1.84. The largest absolute Gasteiger partial charge is 0.508 e. The lowest BCUT2D eigenvalue weighted by atomic mass is 10.2. The molecule has 0 saturated carbocycles. The molecule has 0 aliphatic heterocycles. The first kappa shape index (κ1) is 12.1. The summed E-state index contributed by atoms with van der Waals surface area (Å²) in [5.74, 6) is 0.821. The zero-order valence-electron chi connectivity index (χ0n) is 9.97. The van der Waals surface area contributed by atoms with Crippen LogP contribution >= 0.6 is 15.9 Å². The van der Waals surface area contributed by atoms with Crippen LogP contribution in [0.3, 0.4) is 0 Å². The Bertz CT molecular complexity index is 718. The quantitative estimate of drug-likeness (QED) is 0.774. The molecule has 0 unspecified atom stereocenters. The van der Waals surface area contributed by atoms with Crippen LogP contribution in [0.25, 0.3) is 11.0 Å². The molecule has 3 aromatic rings. The number of halogens is 1. The number of benzene rings is 2. The molecule has 0 aliphatic rings. The summed E-state index contributed by atoms with van der Waals surface area (Å²) in [6.07, 6.45) is 1.69. The third kappa shape index (κ3) is 2.58. The van der Waals surface area contributed by atoms with Crippen LogP contribution in [0.15, 0.2) is 57.6 Å². The van der Waals surface area contributed by atoms with Gasteiger partial charge in [-0.05, 0) is 30.3 Å². The lowest BCUT2D eigenvalue weighted by Crippen LogP contribution is -1.93. The molecular weight excluding hydrogens is 308 g/mol. The molecule has 0 fully saturated rings. The maximum atomic E-state index is 9.37. The van der Waals surface area contributed by atoms with E-state index >= 15 is 0 Å². The van der Waals surface area contributed by atoms with Gasteiger partial charge in [0.05, 0.1) is 6.26 Å². The third-order valence-electron chi connectivity index (χ3n) is 2.83. The van der Waals surface area contributed by atoms with Crippen LogP contribution in [0.5, 0.6) is 11.5 Å². The molecule has 1 heterocycles. The molecule has 0 aliphatic carbocycles. The van der Waals surface area contributed by atoms with Crippen LogP contribution in [0.2, 0.25) is 0 Å². The van der Waals surface area contributed by atoms with Gasteiger partial charge in [0.2, 0.25) is 0 Å². The number of phenols is 1. The third-order valence-corrected chi connectivity index (χ3v) is 3.32. The summed E-state index contributed by atoms with van der Waals surface area (Å²) < 4.78 is 12.1. The Morgan fingerprint density at radius 1 is 1.16 bits per heavy atom. The average Bonchev–Trinajstić information content (AvgIpc) is 2.79. The fourth-order valence-corrected chi connectivity index (χ4v) is 2.26. The maximum absolute atomic E-state index is 9.37. The molecule has 0 spiro atoms. The number of furan rings is 1. The minimum absolute atomic E-state index is 0.192. The van der Waals surface area contributed by atoms with Gasteiger partial charge in [0, 0.05) is 21.5 Å². The van der Waals surface area contributed by atoms with E-state index < -0.39 is 0 Å². The first-order valence-electron chi connectivity index (χ1n) is 5.80. The molecule has 0 atom stereocenters. The summed E-state index contributed by atoms with van der Waals surface area (Å²) in [6.45, 7) is 0.396. The van der Waals surface area contributed by atoms with Crippen LogP contribution in [-0.2, 0) is 6.61 Å². The first-order valence-corrected chi connectivity index (χ1v) is 6.59. The molecular formula is C15H11BrO3. The molecule has 0 radical (unpaired) electrons.